The minimum absolute atomic E-state index is 0.0601. The Morgan fingerprint density at radius 3 is 2.47 bits per heavy atom. The van der Waals surface area contributed by atoms with Crippen molar-refractivity contribution in [1.29, 1.82) is 0 Å². The fraction of sp³-hybridized carbons (Fsp3) is 0.538. The van der Waals surface area contributed by atoms with Gasteiger partial charge in [-0.2, -0.15) is 0 Å². The fourth-order valence-corrected chi connectivity index (χ4v) is 2.18. The van der Waals surface area contributed by atoms with Crippen LogP contribution in [0.3, 0.4) is 0 Å². The molecular weight excluding hydrogens is 264 g/mol. The molecule has 5 nitrogen and oxygen atoms in total. The second kappa shape index (κ2) is 6.47. The van der Waals surface area contributed by atoms with E-state index in [9.17, 15) is 13.5 Å². The van der Waals surface area contributed by atoms with Crippen molar-refractivity contribution in [3.63, 3.8) is 0 Å². The summed E-state index contributed by atoms with van der Waals surface area (Å²) in [7, 11) is -3.68. The van der Waals surface area contributed by atoms with Gasteiger partial charge in [-0.15, -0.1) is 0 Å². The van der Waals surface area contributed by atoms with Crippen molar-refractivity contribution in [2.45, 2.75) is 37.8 Å². The number of primary sulfonamides is 1. The van der Waals surface area contributed by atoms with Crippen LogP contribution in [0.4, 0.5) is 0 Å². The van der Waals surface area contributed by atoms with Gasteiger partial charge < -0.3 is 10.4 Å². The normalized spacial score (nSPS) is 15.5. The number of hydrogen-bond acceptors (Lipinski definition) is 4. The summed E-state index contributed by atoms with van der Waals surface area (Å²) in [5, 5.41) is 18.0. The second-order valence-corrected chi connectivity index (χ2v) is 6.62. The quantitative estimate of drug-likeness (QED) is 0.727. The molecule has 1 aromatic carbocycles. The summed E-state index contributed by atoms with van der Waals surface area (Å²) in [6.45, 7) is 6.25. The highest BCUT2D eigenvalue weighted by Crippen LogP contribution is 2.16. The maximum atomic E-state index is 11.3. The minimum Gasteiger partial charge on any atom is -0.392 e. The number of sulfonamides is 1. The molecule has 19 heavy (non-hydrogen) atoms. The van der Waals surface area contributed by atoms with Crippen molar-refractivity contribution in [2.75, 3.05) is 6.54 Å². The Labute approximate surface area is 114 Å². The molecule has 108 valence electrons. The predicted octanol–water partition coefficient (Wildman–Crippen LogP) is 1.00. The maximum absolute atomic E-state index is 11.3. The lowest BCUT2D eigenvalue weighted by Crippen LogP contribution is -2.32. The zero-order valence-corrected chi connectivity index (χ0v) is 12.3. The van der Waals surface area contributed by atoms with Gasteiger partial charge >= 0.3 is 0 Å². The van der Waals surface area contributed by atoms with Crippen LogP contribution >= 0.6 is 0 Å². The van der Waals surface area contributed by atoms with Gasteiger partial charge in [-0.25, -0.2) is 13.6 Å². The standard InChI is InChI=1S/C13H22N2O3S/c1-9(2)13(16)8-15-10(3)11-5-4-6-12(7-11)19(14,17)18/h4-7,9-10,13,15-16H,8H2,1-3H3,(H2,14,17,18). The van der Waals surface area contributed by atoms with Crippen LogP contribution in [0, 0.1) is 5.92 Å². The van der Waals surface area contributed by atoms with Gasteiger partial charge in [-0.05, 0) is 30.5 Å². The van der Waals surface area contributed by atoms with Gasteiger partial charge in [-0.1, -0.05) is 26.0 Å². The fourth-order valence-electron chi connectivity index (χ4n) is 1.61. The van der Waals surface area contributed by atoms with E-state index in [1.807, 2.05) is 26.8 Å². The van der Waals surface area contributed by atoms with Crippen LogP contribution in [0.25, 0.3) is 0 Å². The average molecular weight is 286 g/mol. The van der Waals surface area contributed by atoms with Gasteiger partial charge in [0, 0.05) is 12.6 Å². The molecule has 0 fully saturated rings. The van der Waals surface area contributed by atoms with Crippen LogP contribution in [0.15, 0.2) is 29.2 Å². The summed E-state index contributed by atoms with van der Waals surface area (Å²) >= 11 is 0. The average Bonchev–Trinajstić information content (AvgIpc) is 2.34. The van der Waals surface area contributed by atoms with E-state index in [1.165, 1.54) is 6.07 Å². The topological polar surface area (TPSA) is 92.4 Å². The zero-order chi connectivity index (χ0) is 14.6. The maximum Gasteiger partial charge on any atom is 0.238 e. The Hall–Kier alpha value is -0.950. The molecule has 0 saturated carbocycles. The Morgan fingerprint density at radius 1 is 1.32 bits per heavy atom. The van der Waals surface area contributed by atoms with Gasteiger partial charge in [0.15, 0.2) is 0 Å². The van der Waals surface area contributed by atoms with Crippen molar-refractivity contribution >= 4 is 10.0 Å². The van der Waals surface area contributed by atoms with Gasteiger partial charge in [0.05, 0.1) is 11.0 Å². The van der Waals surface area contributed by atoms with E-state index in [2.05, 4.69) is 5.32 Å². The molecule has 0 spiro atoms. The van der Waals surface area contributed by atoms with Crippen molar-refractivity contribution in [1.82, 2.24) is 5.32 Å². The predicted molar refractivity (Wildman–Crippen MR) is 75.1 cm³/mol. The first kappa shape index (κ1) is 16.1. The van der Waals surface area contributed by atoms with Crippen LogP contribution in [0.5, 0.6) is 0 Å². The lowest BCUT2D eigenvalue weighted by Gasteiger charge is -2.20. The van der Waals surface area contributed by atoms with Gasteiger partial charge in [0.25, 0.3) is 0 Å². The summed E-state index contributed by atoms with van der Waals surface area (Å²) < 4.78 is 22.6. The third kappa shape index (κ3) is 4.91. The number of aliphatic hydroxyl groups excluding tert-OH is 1. The molecule has 4 N–H and O–H groups in total. The number of benzene rings is 1. The SMILES string of the molecule is CC(NCC(O)C(C)C)c1cccc(S(N)(=O)=O)c1. The van der Waals surface area contributed by atoms with Crippen molar-refractivity contribution in [3.8, 4) is 0 Å². The summed E-state index contributed by atoms with van der Waals surface area (Å²) in [6.07, 6.45) is -0.427. The van der Waals surface area contributed by atoms with Gasteiger partial charge in [0.2, 0.25) is 10.0 Å². The molecule has 0 radical (unpaired) electrons. The summed E-state index contributed by atoms with van der Waals surface area (Å²) in [6, 6.07) is 6.44. The Balaban J connectivity index is 2.75. The van der Waals surface area contributed by atoms with E-state index in [0.29, 0.717) is 6.54 Å². The van der Waals surface area contributed by atoms with Crippen molar-refractivity contribution in [2.24, 2.45) is 11.1 Å². The van der Waals surface area contributed by atoms with Crippen LogP contribution in [-0.4, -0.2) is 26.2 Å². The molecule has 2 unspecified atom stereocenters. The van der Waals surface area contributed by atoms with E-state index >= 15 is 0 Å². The molecule has 0 saturated heterocycles. The molecule has 0 amide bonds. The number of aliphatic hydroxyl groups is 1. The smallest absolute Gasteiger partial charge is 0.238 e. The molecular formula is C13H22N2O3S. The van der Waals surface area contributed by atoms with Crippen LogP contribution < -0.4 is 10.5 Å². The van der Waals surface area contributed by atoms with E-state index in [-0.39, 0.29) is 16.9 Å². The second-order valence-electron chi connectivity index (χ2n) is 5.06. The molecule has 2 atom stereocenters. The molecule has 0 aromatic heterocycles. The number of nitrogens with one attached hydrogen (secondary N) is 1. The Bertz CT molecular complexity index is 514. The molecule has 0 bridgehead atoms. The Kier molecular flexibility index (Phi) is 5.49. The molecule has 0 heterocycles. The van der Waals surface area contributed by atoms with Crippen LogP contribution in [0.2, 0.25) is 0 Å². The molecule has 0 aliphatic heterocycles. The summed E-state index contributed by atoms with van der Waals surface area (Å²) in [4.78, 5) is 0.100. The lowest BCUT2D eigenvalue weighted by atomic mass is 10.1. The largest absolute Gasteiger partial charge is 0.392 e. The molecule has 0 aliphatic rings. The Morgan fingerprint density at radius 2 is 1.95 bits per heavy atom. The van der Waals surface area contributed by atoms with E-state index < -0.39 is 16.1 Å². The van der Waals surface area contributed by atoms with Crippen molar-refractivity contribution < 1.29 is 13.5 Å². The molecule has 0 aliphatic carbocycles. The van der Waals surface area contributed by atoms with Crippen molar-refractivity contribution in [3.05, 3.63) is 29.8 Å². The highest BCUT2D eigenvalue weighted by atomic mass is 32.2. The monoisotopic (exact) mass is 286 g/mol. The first-order valence-electron chi connectivity index (χ1n) is 6.26. The lowest BCUT2D eigenvalue weighted by molar-refractivity contribution is 0.120. The molecule has 6 heteroatoms. The number of nitrogens with two attached hydrogens (primary N) is 1. The number of hydrogen-bond donors (Lipinski definition) is 3. The first-order chi connectivity index (χ1) is 8.71. The summed E-state index contributed by atoms with van der Waals surface area (Å²) in [5.41, 5.74) is 0.822. The third-order valence-corrected chi connectivity index (χ3v) is 4.00. The van der Waals surface area contributed by atoms with Crippen LogP contribution in [0.1, 0.15) is 32.4 Å². The zero-order valence-electron chi connectivity index (χ0n) is 11.5. The van der Waals surface area contributed by atoms with Gasteiger partial charge in [0.1, 0.15) is 0 Å². The van der Waals surface area contributed by atoms with Crippen LogP contribution in [-0.2, 0) is 10.0 Å². The van der Waals surface area contributed by atoms with E-state index in [0.717, 1.165) is 5.56 Å². The molecule has 1 rings (SSSR count). The molecule has 1 aromatic rings. The van der Waals surface area contributed by atoms with E-state index in [1.54, 1.807) is 12.1 Å². The highest BCUT2D eigenvalue weighted by Gasteiger charge is 2.14. The highest BCUT2D eigenvalue weighted by molar-refractivity contribution is 7.89. The number of rotatable bonds is 6. The third-order valence-electron chi connectivity index (χ3n) is 3.09. The van der Waals surface area contributed by atoms with Gasteiger partial charge in [-0.3, -0.25) is 0 Å². The van der Waals surface area contributed by atoms with E-state index in [4.69, 9.17) is 5.14 Å². The minimum atomic E-state index is -3.68. The first-order valence-corrected chi connectivity index (χ1v) is 7.80. The summed E-state index contributed by atoms with van der Waals surface area (Å²) in [5.74, 6) is 0.176.